The predicted octanol–water partition coefficient (Wildman–Crippen LogP) is 3.31. The zero-order valence-electron chi connectivity index (χ0n) is 12.3. The second-order valence-electron chi connectivity index (χ2n) is 4.45. The van der Waals surface area contributed by atoms with Crippen molar-refractivity contribution >= 4 is 5.69 Å². The fraction of sp³-hybridized carbons (Fsp3) is 0.400. The summed E-state index contributed by atoms with van der Waals surface area (Å²) in [7, 11) is 1.63. The maximum atomic E-state index is 5.49. The summed E-state index contributed by atoms with van der Waals surface area (Å²) in [6.45, 7) is 7.08. The van der Waals surface area contributed by atoms with Gasteiger partial charge < -0.3 is 19.3 Å². The van der Waals surface area contributed by atoms with Crippen molar-refractivity contribution in [2.75, 3.05) is 19.0 Å². The van der Waals surface area contributed by atoms with Gasteiger partial charge in [-0.05, 0) is 32.9 Å². The lowest BCUT2D eigenvalue weighted by molar-refractivity contribution is 0.311. The van der Waals surface area contributed by atoms with Crippen LogP contribution < -0.4 is 14.8 Å². The summed E-state index contributed by atoms with van der Waals surface area (Å²) in [5.41, 5.74) is 2.95. The highest BCUT2D eigenvalue weighted by atomic mass is 16.5. The molecule has 0 aliphatic rings. The van der Waals surface area contributed by atoms with Crippen molar-refractivity contribution in [3.63, 3.8) is 0 Å². The highest BCUT2D eigenvalue weighted by Crippen LogP contribution is 2.30. The van der Waals surface area contributed by atoms with E-state index in [9.17, 15) is 0 Å². The number of benzene rings is 1. The summed E-state index contributed by atoms with van der Waals surface area (Å²) in [6.07, 6.45) is 0. The minimum absolute atomic E-state index is 0.613. The van der Waals surface area contributed by atoms with E-state index in [4.69, 9.17) is 14.0 Å². The Balaban J connectivity index is 2.10. The van der Waals surface area contributed by atoms with Gasteiger partial charge in [0.1, 0.15) is 5.76 Å². The predicted molar refractivity (Wildman–Crippen MR) is 77.5 cm³/mol. The Kier molecular flexibility index (Phi) is 4.50. The monoisotopic (exact) mass is 276 g/mol. The zero-order chi connectivity index (χ0) is 14.5. The number of hydrogen-bond acceptors (Lipinski definition) is 5. The van der Waals surface area contributed by atoms with E-state index in [0.29, 0.717) is 13.2 Å². The van der Waals surface area contributed by atoms with Crippen LogP contribution in [0.5, 0.6) is 11.5 Å². The second kappa shape index (κ2) is 6.32. The van der Waals surface area contributed by atoms with E-state index in [-0.39, 0.29) is 0 Å². The van der Waals surface area contributed by atoms with Gasteiger partial charge in [0.05, 0.1) is 19.4 Å². The molecule has 0 saturated carbocycles. The summed E-state index contributed by atoms with van der Waals surface area (Å²) in [4.78, 5) is 0. The number of anilines is 1. The van der Waals surface area contributed by atoms with E-state index in [1.165, 1.54) is 0 Å². The quantitative estimate of drug-likeness (QED) is 0.877. The highest BCUT2D eigenvalue weighted by Gasteiger charge is 2.09. The number of nitrogens with one attached hydrogen (secondary N) is 1. The Labute approximate surface area is 118 Å². The molecule has 0 atom stereocenters. The van der Waals surface area contributed by atoms with Crippen LogP contribution in [0.4, 0.5) is 5.69 Å². The Bertz CT molecular complexity index is 559. The maximum absolute atomic E-state index is 5.49. The average molecular weight is 276 g/mol. The van der Waals surface area contributed by atoms with Crippen LogP contribution >= 0.6 is 0 Å². The minimum atomic E-state index is 0.613. The van der Waals surface area contributed by atoms with E-state index >= 15 is 0 Å². The number of ether oxygens (including phenoxy) is 2. The number of aryl methyl sites for hydroxylation is 2. The molecule has 1 aromatic carbocycles. The molecule has 2 rings (SSSR count). The van der Waals surface area contributed by atoms with Crippen molar-refractivity contribution in [1.29, 1.82) is 0 Å². The van der Waals surface area contributed by atoms with Gasteiger partial charge in [-0.1, -0.05) is 5.16 Å². The van der Waals surface area contributed by atoms with Gasteiger partial charge in [-0.3, -0.25) is 0 Å². The van der Waals surface area contributed by atoms with Gasteiger partial charge in [-0.15, -0.1) is 0 Å². The van der Waals surface area contributed by atoms with Crippen LogP contribution in [0, 0.1) is 13.8 Å². The van der Waals surface area contributed by atoms with E-state index in [1.54, 1.807) is 7.11 Å². The van der Waals surface area contributed by atoms with Gasteiger partial charge in [0.15, 0.2) is 11.5 Å². The minimum Gasteiger partial charge on any atom is -0.493 e. The largest absolute Gasteiger partial charge is 0.493 e. The van der Waals surface area contributed by atoms with Crippen molar-refractivity contribution in [1.82, 2.24) is 5.16 Å². The first-order valence-corrected chi connectivity index (χ1v) is 6.62. The third-order valence-corrected chi connectivity index (χ3v) is 3.11. The van der Waals surface area contributed by atoms with Crippen molar-refractivity contribution in [2.45, 2.75) is 27.3 Å². The number of methoxy groups -OCH3 is 1. The lowest BCUT2D eigenvalue weighted by atomic mass is 10.2. The molecule has 1 N–H and O–H groups in total. The van der Waals surface area contributed by atoms with Crippen LogP contribution in [0.15, 0.2) is 22.7 Å². The molecule has 0 aliphatic heterocycles. The van der Waals surface area contributed by atoms with Crippen LogP contribution in [-0.4, -0.2) is 18.9 Å². The van der Waals surface area contributed by atoms with Gasteiger partial charge in [0.2, 0.25) is 0 Å². The summed E-state index contributed by atoms with van der Waals surface area (Å²) in [5.74, 6) is 2.31. The number of aromatic nitrogens is 1. The molecule has 5 heteroatoms. The van der Waals surface area contributed by atoms with Crippen LogP contribution in [-0.2, 0) is 6.54 Å². The molecule has 0 saturated heterocycles. The Hall–Kier alpha value is -2.17. The fourth-order valence-electron chi connectivity index (χ4n) is 2.00. The standard InChI is InChI=1S/C15H20N2O3/c1-5-19-14-7-6-12(8-15(14)18-4)16-9-13-10(2)17-20-11(13)3/h6-8,16H,5,9H2,1-4H3. The molecule has 0 spiro atoms. The molecule has 2 aromatic rings. The van der Waals surface area contributed by atoms with E-state index in [2.05, 4.69) is 10.5 Å². The molecule has 0 bridgehead atoms. The van der Waals surface area contributed by atoms with Crippen LogP contribution in [0.1, 0.15) is 23.9 Å². The molecule has 0 unspecified atom stereocenters. The molecule has 0 radical (unpaired) electrons. The smallest absolute Gasteiger partial charge is 0.162 e. The summed E-state index contributed by atoms with van der Waals surface area (Å²) in [6, 6.07) is 5.78. The van der Waals surface area contributed by atoms with Crippen molar-refractivity contribution in [3.8, 4) is 11.5 Å². The van der Waals surface area contributed by atoms with Gasteiger partial charge in [0, 0.05) is 23.9 Å². The first-order chi connectivity index (χ1) is 9.65. The molecule has 0 aliphatic carbocycles. The summed E-state index contributed by atoms with van der Waals surface area (Å²) >= 11 is 0. The molecule has 0 amide bonds. The van der Waals surface area contributed by atoms with Gasteiger partial charge >= 0.3 is 0 Å². The van der Waals surface area contributed by atoms with Crippen LogP contribution in [0.25, 0.3) is 0 Å². The van der Waals surface area contributed by atoms with E-state index < -0.39 is 0 Å². The summed E-state index contributed by atoms with van der Waals surface area (Å²) in [5, 5.41) is 7.28. The SMILES string of the molecule is CCOc1ccc(NCc2c(C)noc2C)cc1OC. The molecular formula is C15H20N2O3. The van der Waals surface area contributed by atoms with Gasteiger partial charge in [-0.2, -0.15) is 0 Å². The average Bonchev–Trinajstić information content (AvgIpc) is 2.77. The molecule has 1 aromatic heterocycles. The molecule has 0 fully saturated rings. The third kappa shape index (κ3) is 3.04. The van der Waals surface area contributed by atoms with Crippen molar-refractivity contribution < 1.29 is 14.0 Å². The topological polar surface area (TPSA) is 56.5 Å². The number of hydrogen-bond donors (Lipinski definition) is 1. The molecule has 1 heterocycles. The molecule has 20 heavy (non-hydrogen) atoms. The maximum Gasteiger partial charge on any atom is 0.162 e. The number of nitrogens with zero attached hydrogens (tertiary/aromatic N) is 1. The molecule has 108 valence electrons. The molecular weight excluding hydrogens is 256 g/mol. The summed E-state index contributed by atoms with van der Waals surface area (Å²) < 4.78 is 16.0. The van der Waals surface area contributed by atoms with Crippen molar-refractivity contribution in [3.05, 3.63) is 35.2 Å². The zero-order valence-corrected chi connectivity index (χ0v) is 12.3. The van der Waals surface area contributed by atoms with Gasteiger partial charge in [-0.25, -0.2) is 0 Å². The second-order valence-corrected chi connectivity index (χ2v) is 4.45. The van der Waals surface area contributed by atoms with Crippen LogP contribution in [0.3, 0.4) is 0 Å². The van der Waals surface area contributed by atoms with E-state index in [0.717, 1.165) is 34.2 Å². The Morgan fingerprint density at radius 2 is 2.05 bits per heavy atom. The fourth-order valence-corrected chi connectivity index (χ4v) is 2.00. The molecule has 5 nitrogen and oxygen atoms in total. The first-order valence-electron chi connectivity index (χ1n) is 6.62. The lowest BCUT2D eigenvalue weighted by Gasteiger charge is -2.12. The number of rotatable bonds is 6. The normalized spacial score (nSPS) is 10.4. The van der Waals surface area contributed by atoms with Crippen molar-refractivity contribution in [2.24, 2.45) is 0 Å². The van der Waals surface area contributed by atoms with Gasteiger partial charge in [0.25, 0.3) is 0 Å². The van der Waals surface area contributed by atoms with E-state index in [1.807, 2.05) is 39.0 Å². The Morgan fingerprint density at radius 1 is 1.25 bits per heavy atom. The van der Waals surface area contributed by atoms with Crippen LogP contribution in [0.2, 0.25) is 0 Å². The third-order valence-electron chi connectivity index (χ3n) is 3.11. The highest BCUT2D eigenvalue weighted by molar-refractivity contribution is 5.55. The first kappa shape index (κ1) is 14.2. The lowest BCUT2D eigenvalue weighted by Crippen LogP contribution is -2.02. The Morgan fingerprint density at radius 3 is 2.65 bits per heavy atom.